The number of nitrogens with one attached hydrogen (secondary N) is 2. The molecule has 184 valence electrons. The van der Waals surface area contributed by atoms with Crippen LogP contribution in [0.1, 0.15) is 35.5 Å². The molecule has 5 N–H and O–H groups in total. The average molecular weight is 490 g/mol. The van der Waals surface area contributed by atoms with E-state index in [0.717, 1.165) is 5.39 Å². The maximum Gasteiger partial charge on any atom is 0.251 e. The van der Waals surface area contributed by atoms with Crippen molar-refractivity contribution in [2.75, 3.05) is 13.2 Å². The maximum atomic E-state index is 13.6. The lowest BCUT2D eigenvalue weighted by molar-refractivity contribution is -0.123. The predicted molar refractivity (Wildman–Crippen MR) is 130 cm³/mol. The van der Waals surface area contributed by atoms with Crippen molar-refractivity contribution in [3.63, 3.8) is 0 Å². The molecule has 0 bridgehead atoms. The lowest BCUT2D eigenvalue weighted by Gasteiger charge is -2.26. The number of aromatic amines is 1. The first-order valence-electron chi connectivity index (χ1n) is 11.3. The van der Waals surface area contributed by atoms with Gasteiger partial charge in [-0.1, -0.05) is 6.07 Å². The number of primary amides is 1. The number of fused-ring (bicyclic) bond motifs is 2. The third-order valence-electron chi connectivity index (χ3n) is 6.58. The standard InChI is InChI=1S/C26H24FN5O4/c1-25(24(28)34)13-36-22-18(25)10-20(31-21(22)14-5-7-17(27)8-6-14)26(2,35)12-29-23(33)15-3-4-16-11-30-32-19(16)9-15/h3-11,35H,12-13H2,1-2H3,(H2,28,34)(H,29,33)(H,30,32)/t25-,26-/m0/s1. The molecule has 36 heavy (non-hydrogen) atoms. The zero-order chi connectivity index (χ0) is 25.7. The van der Waals surface area contributed by atoms with Crippen LogP contribution in [0.15, 0.2) is 54.7 Å². The minimum absolute atomic E-state index is 0.00590. The largest absolute Gasteiger partial charge is 0.489 e. The molecule has 0 spiro atoms. The Morgan fingerprint density at radius 3 is 2.72 bits per heavy atom. The normalized spacial score (nSPS) is 18.3. The fourth-order valence-corrected chi connectivity index (χ4v) is 4.19. The smallest absolute Gasteiger partial charge is 0.251 e. The Balaban J connectivity index is 1.50. The summed E-state index contributed by atoms with van der Waals surface area (Å²) in [6.45, 7) is 3.00. The number of H-pyrrole nitrogens is 1. The van der Waals surface area contributed by atoms with Crippen LogP contribution in [-0.4, -0.2) is 45.3 Å². The van der Waals surface area contributed by atoms with Gasteiger partial charge in [0.1, 0.15) is 34.9 Å². The zero-order valence-corrected chi connectivity index (χ0v) is 19.6. The first kappa shape index (κ1) is 23.4. The van der Waals surface area contributed by atoms with Gasteiger partial charge >= 0.3 is 0 Å². The fourth-order valence-electron chi connectivity index (χ4n) is 4.19. The number of rotatable bonds is 6. The van der Waals surface area contributed by atoms with Gasteiger partial charge in [-0.2, -0.15) is 5.10 Å². The van der Waals surface area contributed by atoms with Gasteiger partial charge in [0.2, 0.25) is 5.91 Å². The van der Waals surface area contributed by atoms with E-state index < -0.39 is 28.6 Å². The molecule has 2 aromatic carbocycles. The van der Waals surface area contributed by atoms with Crippen LogP contribution < -0.4 is 15.8 Å². The van der Waals surface area contributed by atoms with E-state index in [2.05, 4.69) is 20.5 Å². The summed E-state index contributed by atoms with van der Waals surface area (Å²) in [7, 11) is 0. The second-order valence-electron chi connectivity index (χ2n) is 9.35. The summed E-state index contributed by atoms with van der Waals surface area (Å²) >= 11 is 0. The monoisotopic (exact) mass is 489 g/mol. The molecule has 0 radical (unpaired) electrons. The lowest BCUT2D eigenvalue weighted by Crippen LogP contribution is -2.41. The van der Waals surface area contributed by atoms with Crippen molar-refractivity contribution in [1.29, 1.82) is 0 Å². The van der Waals surface area contributed by atoms with Gasteiger partial charge in [-0.25, -0.2) is 9.37 Å². The van der Waals surface area contributed by atoms with Crippen molar-refractivity contribution in [1.82, 2.24) is 20.5 Å². The van der Waals surface area contributed by atoms with Gasteiger partial charge in [0.05, 0.1) is 24.0 Å². The summed E-state index contributed by atoms with van der Waals surface area (Å²) in [6, 6.07) is 12.3. The number of carbonyl (C=O) groups is 2. The Morgan fingerprint density at radius 1 is 1.25 bits per heavy atom. The number of aromatic nitrogens is 3. The highest BCUT2D eigenvalue weighted by Crippen LogP contribution is 2.45. The number of aliphatic hydroxyl groups is 1. The Labute approximate surface area is 205 Å². The zero-order valence-electron chi connectivity index (χ0n) is 19.6. The number of ether oxygens (including phenoxy) is 1. The second kappa shape index (κ2) is 8.42. The molecule has 9 nitrogen and oxygen atoms in total. The average Bonchev–Trinajstić information content (AvgIpc) is 3.47. The SMILES string of the molecule is C[C@](O)(CNC(=O)c1ccc2cn[nH]c2c1)c1cc2c(c(-c3ccc(F)cc3)n1)OC[C@]2(C)C(N)=O. The van der Waals surface area contributed by atoms with E-state index in [1.807, 2.05) is 0 Å². The molecule has 1 aliphatic rings. The van der Waals surface area contributed by atoms with Crippen LogP contribution in [0.2, 0.25) is 0 Å². The Hall–Kier alpha value is -4.31. The van der Waals surface area contributed by atoms with Crippen molar-refractivity contribution in [3.8, 4) is 17.0 Å². The molecule has 10 heteroatoms. The summed E-state index contributed by atoms with van der Waals surface area (Å²) in [6.07, 6.45) is 1.66. The highest BCUT2D eigenvalue weighted by atomic mass is 19.1. The first-order valence-corrected chi connectivity index (χ1v) is 11.3. The Morgan fingerprint density at radius 2 is 2.00 bits per heavy atom. The van der Waals surface area contributed by atoms with Crippen LogP contribution >= 0.6 is 0 Å². The van der Waals surface area contributed by atoms with E-state index in [1.165, 1.54) is 31.2 Å². The molecule has 2 amide bonds. The van der Waals surface area contributed by atoms with Gasteiger partial charge in [-0.15, -0.1) is 0 Å². The van der Waals surface area contributed by atoms with E-state index in [9.17, 15) is 19.1 Å². The number of pyridine rings is 1. The molecule has 2 aromatic heterocycles. The molecule has 0 saturated heterocycles. The molecule has 0 unspecified atom stereocenters. The second-order valence-corrected chi connectivity index (χ2v) is 9.35. The summed E-state index contributed by atoms with van der Waals surface area (Å²) in [5.41, 5.74) is 5.56. The maximum absolute atomic E-state index is 13.6. The third-order valence-corrected chi connectivity index (χ3v) is 6.58. The first-order chi connectivity index (χ1) is 17.1. The molecular formula is C26H24FN5O4. The lowest BCUT2D eigenvalue weighted by atomic mass is 9.82. The van der Waals surface area contributed by atoms with Crippen molar-refractivity contribution < 1.29 is 23.8 Å². The van der Waals surface area contributed by atoms with Gasteiger partial charge in [-0.3, -0.25) is 14.7 Å². The van der Waals surface area contributed by atoms with Crippen LogP contribution in [0, 0.1) is 5.82 Å². The van der Waals surface area contributed by atoms with Gasteiger partial charge < -0.3 is 20.9 Å². The van der Waals surface area contributed by atoms with Crippen LogP contribution in [-0.2, 0) is 15.8 Å². The van der Waals surface area contributed by atoms with E-state index in [4.69, 9.17) is 10.5 Å². The molecule has 0 aliphatic carbocycles. The number of nitrogens with zero attached hydrogens (tertiary/aromatic N) is 2. The topological polar surface area (TPSA) is 143 Å². The van der Waals surface area contributed by atoms with Crippen LogP contribution in [0.25, 0.3) is 22.2 Å². The highest BCUT2D eigenvalue weighted by molar-refractivity contribution is 5.97. The molecule has 2 atom stereocenters. The summed E-state index contributed by atoms with van der Waals surface area (Å²) in [5.74, 6) is -1.06. The van der Waals surface area contributed by atoms with Crippen molar-refractivity contribution in [3.05, 3.63) is 77.4 Å². The van der Waals surface area contributed by atoms with E-state index >= 15 is 0 Å². The highest BCUT2D eigenvalue weighted by Gasteiger charge is 2.45. The van der Waals surface area contributed by atoms with Gasteiger partial charge in [-0.05, 0) is 56.3 Å². The van der Waals surface area contributed by atoms with Crippen LogP contribution in [0.5, 0.6) is 5.75 Å². The fraction of sp³-hybridized carbons (Fsp3) is 0.231. The number of carbonyl (C=O) groups excluding carboxylic acids is 2. The van der Waals surface area contributed by atoms with Crippen molar-refractivity contribution in [2.24, 2.45) is 5.73 Å². The van der Waals surface area contributed by atoms with E-state index in [-0.39, 0.29) is 18.8 Å². The quantitative estimate of drug-likeness (QED) is 0.328. The number of amides is 2. The van der Waals surface area contributed by atoms with Crippen molar-refractivity contribution >= 4 is 22.7 Å². The molecule has 3 heterocycles. The molecule has 1 aliphatic heterocycles. The molecule has 0 fully saturated rings. The van der Waals surface area contributed by atoms with Crippen LogP contribution in [0.3, 0.4) is 0 Å². The van der Waals surface area contributed by atoms with Crippen molar-refractivity contribution in [2.45, 2.75) is 24.9 Å². The predicted octanol–water partition coefficient (Wildman–Crippen LogP) is 2.54. The molecular weight excluding hydrogens is 465 g/mol. The van der Waals surface area contributed by atoms with E-state index in [1.54, 1.807) is 37.4 Å². The number of hydrogen-bond acceptors (Lipinski definition) is 6. The number of benzene rings is 2. The van der Waals surface area contributed by atoms with Crippen LogP contribution in [0.4, 0.5) is 4.39 Å². The minimum atomic E-state index is -1.63. The Bertz CT molecular complexity index is 1500. The summed E-state index contributed by atoms with van der Waals surface area (Å²) in [4.78, 5) is 29.7. The Kier molecular flexibility index (Phi) is 5.48. The number of halogens is 1. The summed E-state index contributed by atoms with van der Waals surface area (Å²) < 4.78 is 19.4. The number of nitrogens with two attached hydrogens (primary N) is 1. The number of hydrogen-bond donors (Lipinski definition) is 4. The van der Waals surface area contributed by atoms with Gasteiger partial charge in [0, 0.05) is 22.1 Å². The van der Waals surface area contributed by atoms with Gasteiger partial charge in [0.15, 0.2) is 0 Å². The third kappa shape index (κ3) is 3.95. The minimum Gasteiger partial charge on any atom is -0.489 e. The summed E-state index contributed by atoms with van der Waals surface area (Å²) in [5, 5.41) is 21.7. The molecule has 0 saturated carbocycles. The van der Waals surface area contributed by atoms with Gasteiger partial charge in [0.25, 0.3) is 5.91 Å². The van der Waals surface area contributed by atoms with E-state index in [0.29, 0.717) is 33.7 Å². The molecule has 4 aromatic rings. The molecule has 5 rings (SSSR count).